The summed E-state index contributed by atoms with van der Waals surface area (Å²) in [7, 11) is 0. The number of benzene rings is 1. The Morgan fingerprint density at radius 3 is 2.48 bits per heavy atom. The van der Waals surface area contributed by atoms with Crippen molar-refractivity contribution in [3.05, 3.63) is 59.3 Å². The van der Waals surface area contributed by atoms with E-state index in [4.69, 9.17) is 0 Å². The minimum atomic E-state index is 0.485. The van der Waals surface area contributed by atoms with Crippen LogP contribution in [0.1, 0.15) is 0 Å². The average molecular weight is 426 g/mol. The van der Waals surface area contributed by atoms with Gasteiger partial charge in [0.2, 0.25) is 5.95 Å². The standard InChI is InChI=1S/C19H20BrN7/c20-16-13-23-19(26-18(16)24-14-4-2-1-3-5-14)25-17-7-6-15(12-22-17)27-10-8-21-9-11-27/h1-7,12-13,21H,8-11H2,(H2,22,23,24,25,26). The number of hydrogen-bond acceptors (Lipinski definition) is 7. The van der Waals surface area contributed by atoms with Crippen LogP contribution in [-0.2, 0) is 0 Å². The Hall–Kier alpha value is -2.71. The second kappa shape index (κ2) is 8.32. The maximum Gasteiger partial charge on any atom is 0.230 e. The lowest BCUT2D eigenvalue weighted by Crippen LogP contribution is -2.43. The summed E-state index contributed by atoms with van der Waals surface area (Å²) >= 11 is 3.49. The van der Waals surface area contributed by atoms with E-state index in [0.29, 0.717) is 17.6 Å². The number of nitrogens with zero attached hydrogens (tertiary/aromatic N) is 4. The van der Waals surface area contributed by atoms with E-state index < -0.39 is 0 Å². The van der Waals surface area contributed by atoms with Gasteiger partial charge in [-0.3, -0.25) is 0 Å². The predicted octanol–water partition coefficient (Wildman–Crippen LogP) is 3.53. The van der Waals surface area contributed by atoms with Crippen LogP contribution in [0.5, 0.6) is 0 Å². The zero-order valence-corrected chi connectivity index (χ0v) is 16.3. The predicted molar refractivity (Wildman–Crippen MR) is 112 cm³/mol. The lowest BCUT2D eigenvalue weighted by molar-refractivity contribution is 0.589. The van der Waals surface area contributed by atoms with E-state index in [1.165, 1.54) is 0 Å². The Balaban J connectivity index is 1.46. The first kappa shape index (κ1) is 17.7. The second-order valence-corrected chi connectivity index (χ2v) is 7.00. The van der Waals surface area contributed by atoms with Crippen LogP contribution in [0.3, 0.4) is 0 Å². The fourth-order valence-corrected chi connectivity index (χ4v) is 3.15. The highest BCUT2D eigenvalue weighted by Crippen LogP contribution is 2.25. The molecule has 1 aliphatic heterocycles. The first-order chi connectivity index (χ1) is 13.3. The van der Waals surface area contributed by atoms with Crippen molar-refractivity contribution in [2.24, 2.45) is 0 Å². The fourth-order valence-electron chi connectivity index (χ4n) is 2.86. The summed E-state index contributed by atoms with van der Waals surface area (Å²) < 4.78 is 0.791. The minimum absolute atomic E-state index is 0.485. The van der Waals surface area contributed by atoms with Gasteiger partial charge in [-0.25, -0.2) is 9.97 Å². The Morgan fingerprint density at radius 1 is 0.926 bits per heavy atom. The number of halogens is 1. The third-order valence-electron chi connectivity index (χ3n) is 4.25. The van der Waals surface area contributed by atoms with Crippen molar-refractivity contribution in [1.29, 1.82) is 0 Å². The van der Waals surface area contributed by atoms with Crippen molar-refractivity contribution in [2.45, 2.75) is 0 Å². The smallest absolute Gasteiger partial charge is 0.230 e. The average Bonchev–Trinajstić information content (AvgIpc) is 2.72. The molecule has 1 fully saturated rings. The lowest BCUT2D eigenvalue weighted by Gasteiger charge is -2.29. The van der Waals surface area contributed by atoms with Gasteiger partial charge in [-0.1, -0.05) is 18.2 Å². The van der Waals surface area contributed by atoms with Crippen LogP contribution in [-0.4, -0.2) is 41.1 Å². The number of hydrogen-bond donors (Lipinski definition) is 3. The fraction of sp³-hybridized carbons (Fsp3) is 0.211. The highest BCUT2D eigenvalue weighted by molar-refractivity contribution is 9.10. The summed E-state index contributed by atoms with van der Waals surface area (Å²) in [6.45, 7) is 4.01. The first-order valence-corrected chi connectivity index (χ1v) is 9.60. The summed E-state index contributed by atoms with van der Waals surface area (Å²) in [5, 5.41) is 9.80. The zero-order valence-electron chi connectivity index (χ0n) is 14.7. The molecule has 0 bridgehead atoms. The number of anilines is 5. The molecule has 0 amide bonds. The van der Waals surface area contributed by atoms with E-state index in [-0.39, 0.29) is 0 Å². The summed E-state index contributed by atoms with van der Waals surface area (Å²) in [5.41, 5.74) is 2.09. The number of rotatable bonds is 5. The van der Waals surface area contributed by atoms with Gasteiger partial charge < -0.3 is 20.9 Å². The van der Waals surface area contributed by atoms with Crippen LogP contribution in [0.4, 0.5) is 29.0 Å². The number of piperazine rings is 1. The first-order valence-electron chi connectivity index (χ1n) is 8.81. The Labute approximate surface area is 166 Å². The molecule has 8 heteroatoms. The summed E-state index contributed by atoms with van der Waals surface area (Å²) in [6, 6.07) is 13.9. The molecule has 0 saturated carbocycles. The van der Waals surface area contributed by atoms with Crippen LogP contribution in [0, 0.1) is 0 Å². The zero-order chi connectivity index (χ0) is 18.5. The highest BCUT2D eigenvalue weighted by Gasteiger charge is 2.11. The molecule has 1 aliphatic rings. The summed E-state index contributed by atoms with van der Waals surface area (Å²) in [4.78, 5) is 15.7. The van der Waals surface area contributed by atoms with Crippen molar-refractivity contribution in [3.63, 3.8) is 0 Å². The van der Waals surface area contributed by atoms with Crippen molar-refractivity contribution >= 4 is 44.9 Å². The molecule has 0 aliphatic carbocycles. The molecular weight excluding hydrogens is 406 g/mol. The van der Waals surface area contributed by atoms with Crippen LogP contribution in [0.25, 0.3) is 0 Å². The van der Waals surface area contributed by atoms with Crippen molar-refractivity contribution in [1.82, 2.24) is 20.3 Å². The molecule has 3 aromatic rings. The maximum atomic E-state index is 4.54. The molecule has 4 rings (SSSR count). The molecule has 0 atom stereocenters. The second-order valence-electron chi connectivity index (χ2n) is 6.14. The van der Waals surface area contributed by atoms with E-state index in [2.05, 4.69) is 57.8 Å². The molecule has 3 N–H and O–H groups in total. The quantitative estimate of drug-likeness (QED) is 0.576. The molecule has 7 nitrogen and oxygen atoms in total. The van der Waals surface area contributed by atoms with Gasteiger partial charge in [-0.2, -0.15) is 4.98 Å². The third-order valence-corrected chi connectivity index (χ3v) is 4.83. The number of nitrogens with one attached hydrogen (secondary N) is 3. The Bertz CT molecular complexity index is 880. The monoisotopic (exact) mass is 425 g/mol. The SMILES string of the molecule is Brc1cnc(Nc2ccc(N3CCNCC3)cn2)nc1Nc1ccccc1. The molecule has 1 aromatic carbocycles. The minimum Gasteiger partial charge on any atom is -0.368 e. The van der Waals surface area contributed by atoms with Gasteiger partial charge in [0.15, 0.2) is 0 Å². The van der Waals surface area contributed by atoms with Gasteiger partial charge in [-0.05, 0) is 40.2 Å². The highest BCUT2D eigenvalue weighted by atomic mass is 79.9. The Kier molecular flexibility index (Phi) is 5.45. The third kappa shape index (κ3) is 4.53. The van der Waals surface area contributed by atoms with E-state index in [1.54, 1.807) is 6.20 Å². The van der Waals surface area contributed by atoms with Crippen molar-refractivity contribution in [2.75, 3.05) is 41.7 Å². The summed E-state index contributed by atoms with van der Waals surface area (Å²) in [6.07, 6.45) is 3.60. The number of para-hydroxylation sites is 1. The van der Waals surface area contributed by atoms with E-state index in [1.807, 2.05) is 42.6 Å². The molecule has 27 heavy (non-hydrogen) atoms. The topological polar surface area (TPSA) is 78.0 Å². The Morgan fingerprint density at radius 2 is 1.74 bits per heavy atom. The van der Waals surface area contributed by atoms with Gasteiger partial charge >= 0.3 is 0 Å². The molecule has 138 valence electrons. The lowest BCUT2D eigenvalue weighted by atomic mass is 10.3. The molecule has 0 unspecified atom stereocenters. The molecule has 0 spiro atoms. The summed E-state index contributed by atoms with van der Waals surface area (Å²) in [5.74, 6) is 1.89. The van der Waals surface area contributed by atoms with Gasteiger partial charge in [0.05, 0.1) is 16.4 Å². The van der Waals surface area contributed by atoms with Crippen LogP contribution in [0.15, 0.2) is 59.3 Å². The van der Waals surface area contributed by atoms with E-state index in [9.17, 15) is 0 Å². The number of aromatic nitrogens is 3. The largest absolute Gasteiger partial charge is 0.368 e. The van der Waals surface area contributed by atoms with Crippen LogP contribution >= 0.6 is 15.9 Å². The normalized spacial score (nSPS) is 14.0. The van der Waals surface area contributed by atoms with Crippen molar-refractivity contribution in [3.8, 4) is 0 Å². The molecule has 0 radical (unpaired) electrons. The van der Waals surface area contributed by atoms with E-state index >= 15 is 0 Å². The van der Waals surface area contributed by atoms with Gasteiger partial charge in [0.25, 0.3) is 0 Å². The van der Waals surface area contributed by atoms with Gasteiger partial charge in [-0.15, -0.1) is 0 Å². The van der Waals surface area contributed by atoms with Crippen LogP contribution < -0.4 is 20.9 Å². The molecule has 1 saturated heterocycles. The molecule has 3 heterocycles. The molecular formula is C19H20BrN7. The van der Waals surface area contributed by atoms with E-state index in [0.717, 1.165) is 42.0 Å². The maximum absolute atomic E-state index is 4.54. The van der Waals surface area contributed by atoms with Gasteiger partial charge in [0, 0.05) is 38.1 Å². The van der Waals surface area contributed by atoms with Gasteiger partial charge in [0.1, 0.15) is 11.6 Å². The van der Waals surface area contributed by atoms with Crippen LogP contribution in [0.2, 0.25) is 0 Å². The number of pyridine rings is 1. The van der Waals surface area contributed by atoms with Crippen molar-refractivity contribution < 1.29 is 0 Å². The molecule has 2 aromatic heterocycles.